The molecular formula is C16H15N3O2S2. The van der Waals surface area contributed by atoms with E-state index >= 15 is 0 Å². The molecule has 7 heteroatoms. The van der Waals surface area contributed by atoms with Gasteiger partial charge < -0.3 is 4.42 Å². The van der Waals surface area contributed by atoms with Gasteiger partial charge in [-0.25, -0.2) is 0 Å². The molecule has 1 N–H and O–H groups in total. The van der Waals surface area contributed by atoms with Crippen molar-refractivity contribution in [1.82, 2.24) is 10.2 Å². The maximum Gasteiger partial charge on any atom is 0.293 e. The number of benzene rings is 1. The van der Waals surface area contributed by atoms with E-state index in [2.05, 4.69) is 39.8 Å². The Morgan fingerprint density at radius 2 is 2.04 bits per heavy atom. The number of anilines is 1. The minimum absolute atomic E-state index is 0.261. The van der Waals surface area contributed by atoms with E-state index in [0.717, 1.165) is 22.9 Å². The Balaban J connectivity index is 1.43. The molecule has 0 fully saturated rings. The topological polar surface area (TPSA) is 68.0 Å². The average Bonchev–Trinajstić information content (AvgIpc) is 3.24. The zero-order valence-electron chi connectivity index (χ0n) is 12.3. The summed E-state index contributed by atoms with van der Waals surface area (Å²) < 4.78 is 5.89. The number of nitrogens with zero attached hydrogens (tertiary/aromatic N) is 2. The molecule has 0 aliphatic carbocycles. The Morgan fingerprint density at radius 1 is 1.17 bits per heavy atom. The number of carbonyl (C=O) groups is 1. The number of nitrogens with one attached hydrogen (secondary N) is 1. The quantitative estimate of drug-likeness (QED) is 0.396. The summed E-state index contributed by atoms with van der Waals surface area (Å²) >= 11 is 3.03. The fourth-order valence-corrected chi connectivity index (χ4v) is 3.72. The van der Waals surface area contributed by atoms with Crippen LogP contribution in [0.25, 0.3) is 0 Å². The van der Waals surface area contributed by atoms with Crippen molar-refractivity contribution in [2.24, 2.45) is 0 Å². The smallest absolute Gasteiger partial charge is 0.293 e. The van der Waals surface area contributed by atoms with Gasteiger partial charge in [-0.3, -0.25) is 10.1 Å². The first-order chi connectivity index (χ1) is 11.3. The third kappa shape index (κ3) is 4.67. The molecule has 0 aliphatic heterocycles. The average molecular weight is 345 g/mol. The van der Waals surface area contributed by atoms with Crippen LogP contribution in [-0.2, 0) is 6.42 Å². The number of aromatic nitrogens is 2. The zero-order valence-corrected chi connectivity index (χ0v) is 13.9. The third-order valence-electron chi connectivity index (χ3n) is 3.05. The first-order valence-corrected chi connectivity index (χ1v) is 8.96. The van der Waals surface area contributed by atoms with Crippen LogP contribution in [0.5, 0.6) is 0 Å². The molecular weight excluding hydrogens is 330 g/mol. The maximum atomic E-state index is 11.8. The molecule has 2 heterocycles. The van der Waals surface area contributed by atoms with Gasteiger partial charge in [0.25, 0.3) is 5.91 Å². The van der Waals surface area contributed by atoms with Crippen LogP contribution in [0.1, 0.15) is 22.5 Å². The molecule has 2 aromatic heterocycles. The molecule has 5 nitrogen and oxygen atoms in total. The molecule has 23 heavy (non-hydrogen) atoms. The van der Waals surface area contributed by atoms with E-state index in [1.807, 2.05) is 6.07 Å². The van der Waals surface area contributed by atoms with Gasteiger partial charge in [0.05, 0.1) is 6.26 Å². The van der Waals surface area contributed by atoms with Gasteiger partial charge >= 0.3 is 0 Å². The fraction of sp³-hybridized carbons (Fsp3) is 0.188. The van der Waals surface area contributed by atoms with Crippen molar-refractivity contribution in [3.8, 4) is 0 Å². The lowest BCUT2D eigenvalue weighted by atomic mass is 10.1. The van der Waals surface area contributed by atoms with Gasteiger partial charge in [-0.1, -0.05) is 53.4 Å². The lowest BCUT2D eigenvalue weighted by Crippen LogP contribution is -2.10. The fourth-order valence-electron chi connectivity index (χ4n) is 1.97. The third-order valence-corrected chi connectivity index (χ3v) is 5.11. The largest absolute Gasteiger partial charge is 0.459 e. The number of carbonyl (C=O) groups excluding carboxylic acids is 1. The Kier molecular flexibility index (Phi) is 5.44. The van der Waals surface area contributed by atoms with Crippen molar-refractivity contribution in [3.05, 3.63) is 60.1 Å². The van der Waals surface area contributed by atoms with Gasteiger partial charge in [-0.15, -0.1) is 10.2 Å². The number of thioether (sulfide) groups is 1. The monoisotopic (exact) mass is 345 g/mol. The highest BCUT2D eigenvalue weighted by atomic mass is 32.2. The van der Waals surface area contributed by atoms with Crippen molar-refractivity contribution in [2.75, 3.05) is 11.1 Å². The van der Waals surface area contributed by atoms with Crippen molar-refractivity contribution in [3.63, 3.8) is 0 Å². The first kappa shape index (κ1) is 15.8. The Hall–Kier alpha value is -2.12. The molecule has 0 saturated carbocycles. The normalized spacial score (nSPS) is 10.6. The first-order valence-electron chi connectivity index (χ1n) is 7.16. The molecule has 0 bridgehead atoms. The minimum Gasteiger partial charge on any atom is -0.459 e. The van der Waals surface area contributed by atoms with Crippen LogP contribution in [0.3, 0.4) is 0 Å². The molecule has 3 aromatic rings. The standard InChI is InChI=1S/C16H15N3O2S2/c20-14(13-9-4-10-21-13)17-15-18-19-16(23-15)22-11-5-8-12-6-2-1-3-7-12/h1-4,6-7,9-10H,5,8,11H2,(H,17,18,20). The predicted octanol–water partition coefficient (Wildman–Crippen LogP) is 4.11. The molecule has 0 saturated heterocycles. The van der Waals surface area contributed by atoms with Gasteiger partial charge in [0.15, 0.2) is 10.1 Å². The van der Waals surface area contributed by atoms with Crippen molar-refractivity contribution < 1.29 is 9.21 Å². The molecule has 1 aromatic carbocycles. The minimum atomic E-state index is -0.313. The van der Waals surface area contributed by atoms with E-state index in [1.165, 1.54) is 23.2 Å². The number of hydrogen-bond donors (Lipinski definition) is 1. The van der Waals surface area contributed by atoms with Crippen LogP contribution < -0.4 is 5.32 Å². The van der Waals surface area contributed by atoms with Gasteiger partial charge in [-0.2, -0.15) is 0 Å². The maximum absolute atomic E-state index is 11.8. The summed E-state index contributed by atoms with van der Waals surface area (Å²) in [6.07, 6.45) is 3.58. The number of amides is 1. The van der Waals surface area contributed by atoms with Crippen LogP contribution in [-0.4, -0.2) is 21.9 Å². The molecule has 1 amide bonds. The lowest BCUT2D eigenvalue weighted by Gasteiger charge is -1.99. The van der Waals surface area contributed by atoms with E-state index < -0.39 is 0 Å². The number of rotatable bonds is 7. The molecule has 3 rings (SSSR count). The Labute approximate surface area is 142 Å². The van der Waals surface area contributed by atoms with Crippen LogP contribution in [0, 0.1) is 0 Å². The van der Waals surface area contributed by atoms with Crippen LogP contribution in [0.2, 0.25) is 0 Å². The number of furan rings is 1. The molecule has 118 valence electrons. The summed E-state index contributed by atoms with van der Waals surface area (Å²) in [7, 11) is 0. The van der Waals surface area contributed by atoms with Gasteiger partial charge in [0.2, 0.25) is 5.13 Å². The van der Waals surface area contributed by atoms with Gasteiger partial charge in [0, 0.05) is 5.75 Å². The van der Waals surface area contributed by atoms with Gasteiger partial charge in [-0.05, 0) is 30.5 Å². The second-order valence-corrected chi connectivity index (χ2v) is 7.06. The van der Waals surface area contributed by atoms with E-state index in [9.17, 15) is 4.79 Å². The zero-order chi connectivity index (χ0) is 15.9. The van der Waals surface area contributed by atoms with E-state index in [1.54, 1.807) is 23.9 Å². The Bertz CT molecular complexity index is 742. The summed E-state index contributed by atoms with van der Waals surface area (Å²) in [5.41, 5.74) is 1.34. The highest BCUT2D eigenvalue weighted by molar-refractivity contribution is 8.01. The van der Waals surface area contributed by atoms with E-state index in [4.69, 9.17) is 4.42 Å². The van der Waals surface area contributed by atoms with Crippen molar-refractivity contribution in [1.29, 1.82) is 0 Å². The summed E-state index contributed by atoms with van der Waals surface area (Å²) in [6, 6.07) is 13.7. The molecule has 0 aliphatic rings. The molecule has 0 atom stereocenters. The highest BCUT2D eigenvalue weighted by Gasteiger charge is 2.12. The molecule has 0 unspecified atom stereocenters. The summed E-state index contributed by atoms with van der Waals surface area (Å²) in [5, 5.41) is 11.2. The Morgan fingerprint density at radius 3 is 2.83 bits per heavy atom. The summed E-state index contributed by atoms with van der Waals surface area (Å²) in [5.74, 6) is 0.916. The van der Waals surface area contributed by atoms with E-state index in [-0.39, 0.29) is 11.7 Å². The van der Waals surface area contributed by atoms with Crippen LogP contribution in [0.15, 0.2) is 57.5 Å². The highest BCUT2D eigenvalue weighted by Crippen LogP contribution is 2.26. The van der Waals surface area contributed by atoms with Crippen LogP contribution >= 0.6 is 23.1 Å². The number of hydrogen-bond acceptors (Lipinski definition) is 6. The summed E-state index contributed by atoms with van der Waals surface area (Å²) in [6.45, 7) is 0. The lowest BCUT2D eigenvalue weighted by molar-refractivity contribution is 0.0996. The second kappa shape index (κ2) is 7.94. The van der Waals surface area contributed by atoms with Gasteiger partial charge in [0.1, 0.15) is 0 Å². The molecule has 0 radical (unpaired) electrons. The van der Waals surface area contributed by atoms with Crippen LogP contribution in [0.4, 0.5) is 5.13 Å². The molecule has 0 spiro atoms. The van der Waals surface area contributed by atoms with Crippen molar-refractivity contribution in [2.45, 2.75) is 17.2 Å². The second-order valence-electron chi connectivity index (χ2n) is 4.74. The van der Waals surface area contributed by atoms with E-state index in [0.29, 0.717) is 5.13 Å². The SMILES string of the molecule is O=C(Nc1nnc(SCCCc2ccccc2)s1)c1ccco1. The predicted molar refractivity (Wildman–Crippen MR) is 92.1 cm³/mol. The summed E-state index contributed by atoms with van der Waals surface area (Å²) in [4.78, 5) is 11.8. The number of aryl methyl sites for hydroxylation is 1. The van der Waals surface area contributed by atoms with Crippen molar-refractivity contribution >= 4 is 34.1 Å².